The Hall–Kier alpha value is -2.50. The lowest BCUT2D eigenvalue weighted by molar-refractivity contribution is -0.126. The Bertz CT molecular complexity index is 1130. The van der Waals surface area contributed by atoms with E-state index in [9.17, 15) is 9.18 Å². The number of benzene rings is 2. The number of nitrogens with one attached hydrogen (secondary N) is 1. The van der Waals surface area contributed by atoms with Crippen molar-refractivity contribution in [1.82, 2.24) is 10.3 Å². The monoisotopic (exact) mass is 480 g/mol. The second-order valence-corrected chi connectivity index (χ2v) is 10.5. The van der Waals surface area contributed by atoms with Crippen molar-refractivity contribution in [3.05, 3.63) is 93.2 Å². The highest BCUT2D eigenvalue weighted by Crippen LogP contribution is 2.46. The van der Waals surface area contributed by atoms with E-state index in [-0.39, 0.29) is 29.6 Å². The fourth-order valence-corrected chi connectivity index (χ4v) is 6.54. The van der Waals surface area contributed by atoms with Gasteiger partial charge in [-0.1, -0.05) is 48.0 Å². The van der Waals surface area contributed by atoms with Crippen LogP contribution in [0, 0.1) is 23.6 Å². The molecule has 5 atom stereocenters. The van der Waals surface area contributed by atoms with Crippen LogP contribution in [0.4, 0.5) is 4.39 Å². The molecule has 170 valence electrons. The van der Waals surface area contributed by atoms with Crippen molar-refractivity contribution in [1.29, 1.82) is 0 Å². The van der Waals surface area contributed by atoms with Crippen LogP contribution in [0.1, 0.15) is 47.7 Å². The highest BCUT2D eigenvalue weighted by molar-refractivity contribution is 7.09. The Kier molecular flexibility index (Phi) is 6.61. The summed E-state index contributed by atoms with van der Waals surface area (Å²) in [4.78, 5) is 17.1. The third-order valence-corrected chi connectivity index (χ3v) is 8.17. The van der Waals surface area contributed by atoms with Crippen LogP contribution in [0.2, 0.25) is 5.02 Å². The minimum Gasteiger partial charge on any atom is -0.353 e. The summed E-state index contributed by atoms with van der Waals surface area (Å²) in [5.74, 6) is 0.992. The third kappa shape index (κ3) is 5.04. The van der Waals surface area contributed by atoms with Crippen molar-refractivity contribution in [2.75, 3.05) is 0 Å². The number of fused-ring (bicyclic) bond motifs is 1. The van der Waals surface area contributed by atoms with Gasteiger partial charge in [0, 0.05) is 35.0 Å². The van der Waals surface area contributed by atoms with Crippen LogP contribution >= 0.6 is 22.9 Å². The number of carbonyl (C=O) groups excluding carboxylic acids is 1. The summed E-state index contributed by atoms with van der Waals surface area (Å²) in [6, 6.07) is 14.9. The Morgan fingerprint density at radius 1 is 1.18 bits per heavy atom. The van der Waals surface area contributed by atoms with Gasteiger partial charge in [-0.05, 0) is 72.4 Å². The zero-order valence-electron chi connectivity index (χ0n) is 18.2. The Labute approximate surface area is 202 Å². The van der Waals surface area contributed by atoms with E-state index >= 15 is 0 Å². The molecule has 1 aliphatic heterocycles. The van der Waals surface area contributed by atoms with E-state index < -0.39 is 0 Å². The predicted octanol–water partition coefficient (Wildman–Crippen LogP) is 6.70. The molecule has 3 aromatic rings. The van der Waals surface area contributed by atoms with Crippen molar-refractivity contribution < 1.29 is 9.18 Å². The molecule has 3 nitrogen and oxygen atoms in total. The second kappa shape index (κ2) is 9.78. The first kappa shape index (κ1) is 22.3. The van der Waals surface area contributed by atoms with Crippen molar-refractivity contribution >= 4 is 34.9 Å². The number of allylic oxidation sites excluding steroid dienone is 1. The molecule has 1 aromatic heterocycles. The molecule has 33 heavy (non-hydrogen) atoms. The van der Waals surface area contributed by atoms with Gasteiger partial charge >= 0.3 is 0 Å². The minimum absolute atomic E-state index is 0.109. The molecule has 1 saturated heterocycles. The molecular weight excluding hydrogens is 455 g/mol. The standard InChI is InChI=1S/C27H26ClFN2OS/c28-21-9-6-18(7-10-21)26(27-30-12-13-33-27)20-8-11-24-23(15-20)19(16-25(32)31-24)5-4-17-2-1-3-22(29)14-17/h1-7,9-10,12-14,19-20,23-24,26H,8,11,15-16H2,(H,31,32)/b5-4+. The number of carbonyl (C=O) groups is 1. The molecule has 5 unspecified atom stereocenters. The van der Waals surface area contributed by atoms with Crippen LogP contribution in [0.25, 0.3) is 6.08 Å². The molecule has 5 rings (SSSR count). The highest BCUT2D eigenvalue weighted by atomic mass is 35.5. The minimum atomic E-state index is -0.247. The maximum atomic E-state index is 13.6. The summed E-state index contributed by atoms with van der Waals surface area (Å²) in [6.07, 6.45) is 9.44. The number of aromatic nitrogens is 1. The average molecular weight is 481 g/mol. The Balaban J connectivity index is 1.42. The fraction of sp³-hybridized carbons (Fsp3) is 0.333. The number of piperidine rings is 1. The maximum Gasteiger partial charge on any atom is 0.220 e. The molecule has 1 N–H and O–H groups in total. The lowest BCUT2D eigenvalue weighted by Crippen LogP contribution is -2.51. The summed E-state index contributed by atoms with van der Waals surface area (Å²) in [5.41, 5.74) is 2.07. The maximum absolute atomic E-state index is 13.6. The SMILES string of the molecule is O=C1CC(/C=C/c2cccc(F)c2)C2CC(C(c3ccc(Cl)cc3)c3nccs3)CCC2N1. The third-order valence-electron chi connectivity index (χ3n) is 7.06. The number of thiazole rings is 1. The molecular formula is C27H26ClFN2OS. The molecule has 6 heteroatoms. The summed E-state index contributed by atoms with van der Waals surface area (Å²) >= 11 is 7.86. The zero-order chi connectivity index (χ0) is 22.8. The van der Waals surface area contributed by atoms with E-state index in [2.05, 4.69) is 28.5 Å². The van der Waals surface area contributed by atoms with Crippen LogP contribution in [0.15, 0.2) is 66.2 Å². The van der Waals surface area contributed by atoms with E-state index in [0.717, 1.165) is 34.9 Å². The second-order valence-electron chi connectivity index (χ2n) is 9.09. The quantitative estimate of drug-likeness (QED) is 0.441. The van der Waals surface area contributed by atoms with Gasteiger partial charge in [0.1, 0.15) is 10.8 Å². The van der Waals surface area contributed by atoms with E-state index in [1.54, 1.807) is 17.4 Å². The van der Waals surface area contributed by atoms with E-state index in [1.165, 1.54) is 17.7 Å². The first-order chi connectivity index (χ1) is 16.1. The molecule has 0 radical (unpaired) electrons. The molecule has 2 fully saturated rings. The van der Waals surface area contributed by atoms with E-state index in [0.29, 0.717) is 18.3 Å². The smallest absolute Gasteiger partial charge is 0.220 e. The number of halogens is 2. The van der Waals surface area contributed by atoms with Gasteiger partial charge in [-0.3, -0.25) is 4.79 Å². The van der Waals surface area contributed by atoms with Gasteiger partial charge in [0.25, 0.3) is 0 Å². The normalized spacial score (nSPS) is 26.1. The lowest BCUT2D eigenvalue weighted by Gasteiger charge is -2.45. The average Bonchev–Trinajstić information content (AvgIpc) is 3.33. The van der Waals surface area contributed by atoms with Crippen LogP contribution in [-0.2, 0) is 4.79 Å². The molecule has 1 amide bonds. The van der Waals surface area contributed by atoms with E-state index in [1.807, 2.05) is 35.9 Å². The first-order valence-corrected chi connectivity index (χ1v) is 12.7. The molecule has 2 aromatic carbocycles. The van der Waals surface area contributed by atoms with Gasteiger partial charge in [-0.15, -0.1) is 11.3 Å². The number of hydrogen-bond acceptors (Lipinski definition) is 3. The molecule has 0 bridgehead atoms. The van der Waals surface area contributed by atoms with Crippen molar-refractivity contribution in [2.45, 2.75) is 37.6 Å². The highest BCUT2D eigenvalue weighted by Gasteiger charge is 2.42. The number of rotatable bonds is 5. The van der Waals surface area contributed by atoms with Crippen LogP contribution in [0.3, 0.4) is 0 Å². The Morgan fingerprint density at radius 3 is 2.79 bits per heavy atom. The molecule has 1 saturated carbocycles. The summed E-state index contributed by atoms with van der Waals surface area (Å²) in [6.45, 7) is 0. The van der Waals surface area contributed by atoms with E-state index in [4.69, 9.17) is 11.6 Å². The lowest BCUT2D eigenvalue weighted by atomic mass is 9.65. The van der Waals surface area contributed by atoms with Crippen molar-refractivity contribution in [3.63, 3.8) is 0 Å². The number of nitrogens with zero attached hydrogens (tertiary/aromatic N) is 1. The number of hydrogen-bond donors (Lipinski definition) is 1. The first-order valence-electron chi connectivity index (χ1n) is 11.4. The fourth-order valence-electron chi connectivity index (χ4n) is 5.56. The summed E-state index contributed by atoms with van der Waals surface area (Å²) < 4.78 is 13.6. The van der Waals surface area contributed by atoms with Crippen LogP contribution in [0.5, 0.6) is 0 Å². The largest absolute Gasteiger partial charge is 0.353 e. The molecule has 0 spiro atoms. The molecule has 1 aliphatic carbocycles. The van der Waals surface area contributed by atoms with Gasteiger partial charge in [-0.2, -0.15) is 0 Å². The number of amides is 1. The topological polar surface area (TPSA) is 42.0 Å². The van der Waals surface area contributed by atoms with Gasteiger partial charge in [0.15, 0.2) is 0 Å². The van der Waals surface area contributed by atoms with Crippen LogP contribution < -0.4 is 5.32 Å². The van der Waals surface area contributed by atoms with Gasteiger partial charge in [0.05, 0.1) is 0 Å². The van der Waals surface area contributed by atoms with Crippen LogP contribution in [-0.4, -0.2) is 16.9 Å². The van der Waals surface area contributed by atoms with Crippen molar-refractivity contribution in [2.24, 2.45) is 17.8 Å². The summed E-state index contributed by atoms with van der Waals surface area (Å²) in [5, 5.41) is 7.14. The van der Waals surface area contributed by atoms with Gasteiger partial charge < -0.3 is 5.32 Å². The van der Waals surface area contributed by atoms with Crippen molar-refractivity contribution in [3.8, 4) is 0 Å². The summed E-state index contributed by atoms with van der Waals surface area (Å²) in [7, 11) is 0. The molecule has 2 heterocycles. The van der Waals surface area contributed by atoms with Gasteiger partial charge in [-0.25, -0.2) is 9.37 Å². The van der Waals surface area contributed by atoms with Gasteiger partial charge in [0.2, 0.25) is 5.91 Å². The zero-order valence-corrected chi connectivity index (χ0v) is 19.7. The Morgan fingerprint density at radius 2 is 2.03 bits per heavy atom. The molecule has 2 aliphatic rings. The predicted molar refractivity (Wildman–Crippen MR) is 132 cm³/mol.